The molecule has 0 aliphatic carbocycles. The number of amides is 1. The Bertz CT molecular complexity index is 176. The Hall–Kier alpha value is -0.610. The minimum absolute atomic E-state index is 0.249. The van der Waals surface area contributed by atoms with Crippen LogP contribution in [-0.4, -0.2) is 43.5 Å². The number of primary amides is 1. The first-order chi connectivity index (χ1) is 6.48. The maximum Gasteiger partial charge on any atom is 0.237 e. The molecule has 0 atom stereocenters. The fourth-order valence-electron chi connectivity index (χ4n) is 1.45. The summed E-state index contributed by atoms with van der Waals surface area (Å²) in [6.07, 6.45) is 1.48. The second-order valence-corrected chi connectivity index (χ2v) is 3.88. The molecule has 4 nitrogen and oxygen atoms in total. The Morgan fingerprint density at radius 2 is 1.86 bits per heavy atom. The molecule has 0 bridgehead atoms. The Balaban J connectivity index is 4.16. The van der Waals surface area contributed by atoms with Gasteiger partial charge in [-0.05, 0) is 26.9 Å². The van der Waals surface area contributed by atoms with Crippen molar-refractivity contribution in [2.24, 2.45) is 5.73 Å². The largest absolute Gasteiger partial charge is 0.368 e. The number of hydrogen-bond donors (Lipinski definition) is 2. The number of rotatable bonds is 7. The van der Waals surface area contributed by atoms with Gasteiger partial charge in [-0.3, -0.25) is 4.79 Å². The molecular weight excluding hydrogens is 178 g/mol. The molecule has 1 amide bonds. The molecule has 0 aliphatic heterocycles. The average Bonchev–Trinajstić information content (AvgIpc) is 2.12. The van der Waals surface area contributed by atoms with Gasteiger partial charge in [0.05, 0.1) is 5.54 Å². The lowest BCUT2D eigenvalue weighted by Gasteiger charge is -2.30. The molecule has 0 aromatic heterocycles. The topological polar surface area (TPSA) is 58.4 Å². The van der Waals surface area contributed by atoms with E-state index >= 15 is 0 Å². The van der Waals surface area contributed by atoms with E-state index in [-0.39, 0.29) is 5.91 Å². The molecule has 0 aromatic carbocycles. The predicted molar refractivity (Wildman–Crippen MR) is 59.1 cm³/mol. The lowest BCUT2D eigenvalue weighted by Crippen LogP contribution is -2.55. The predicted octanol–water partition coefficient (Wildman–Crippen LogP) is 0.182. The summed E-state index contributed by atoms with van der Waals surface area (Å²) in [6, 6.07) is 0. The van der Waals surface area contributed by atoms with E-state index in [1.807, 2.05) is 27.9 Å². The molecule has 0 aliphatic rings. The van der Waals surface area contributed by atoms with Crippen molar-refractivity contribution in [2.45, 2.75) is 32.2 Å². The third-order valence-electron chi connectivity index (χ3n) is 2.70. The van der Waals surface area contributed by atoms with Crippen LogP contribution in [0.1, 0.15) is 26.7 Å². The zero-order valence-corrected chi connectivity index (χ0v) is 9.76. The van der Waals surface area contributed by atoms with E-state index in [4.69, 9.17) is 5.73 Å². The second kappa shape index (κ2) is 5.98. The van der Waals surface area contributed by atoms with Crippen molar-refractivity contribution in [2.75, 3.05) is 27.2 Å². The number of likely N-dealkylation sites (N-methyl/N-ethyl adjacent to an activating group) is 1. The van der Waals surface area contributed by atoms with E-state index < -0.39 is 5.54 Å². The summed E-state index contributed by atoms with van der Waals surface area (Å²) < 4.78 is 0. The lowest BCUT2D eigenvalue weighted by molar-refractivity contribution is -0.124. The molecule has 0 fully saturated rings. The van der Waals surface area contributed by atoms with Crippen LogP contribution in [0.15, 0.2) is 0 Å². The molecule has 0 rings (SSSR count). The highest BCUT2D eigenvalue weighted by Crippen LogP contribution is 2.13. The Kier molecular flexibility index (Phi) is 5.72. The molecule has 4 heteroatoms. The highest BCUT2D eigenvalue weighted by atomic mass is 16.1. The Morgan fingerprint density at radius 3 is 2.14 bits per heavy atom. The van der Waals surface area contributed by atoms with Crippen LogP contribution in [0.25, 0.3) is 0 Å². The highest BCUT2D eigenvalue weighted by Gasteiger charge is 2.31. The van der Waals surface area contributed by atoms with E-state index in [0.29, 0.717) is 0 Å². The molecule has 3 N–H and O–H groups in total. The summed E-state index contributed by atoms with van der Waals surface area (Å²) in [5.74, 6) is -0.249. The molecule has 0 spiro atoms. The van der Waals surface area contributed by atoms with Gasteiger partial charge in [0.2, 0.25) is 5.91 Å². The van der Waals surface area contributed by atoms with Gasteiger partial charge in [-0.2, -0.15) is 0 Å². The van der Waals surface area contributed by atoms with Crippen molar-refractivity contribution in [1.29, 1.82) is 0 Å². The van der Waals surface area contributed by atoms with Gasteiger partial charge in [0, 0.05) is 13.1 Å². The summed E-state index contributed by atoms with van der Waals surface area (Å²) in [6.45, 7) is 5.67. The first kappa shape index (κ1) is 13.4. The van der Waals surface area contributed by atoms with Gasteiger partial charge >= 0.3 is 0 Å². The van der Waals surface area contributed by atoms with E-state index in [2.05, 4.69) is 10.2 Å². The number of nitrogens with one attached hydrogen (secondary N) is 1. The highest BCUT2D eigenvalue weighted by molar-refractivity contribution is 5.84. The Labute approximate surface area is 86.8 Å². The number of carbonyl (C=O) groups is 1. The molecule has 0 saturated heterocycles. The van der Waals surface area contributed by atoms with Crippen molar-refractivity contribution in [1.82, 2.24) is 10.2 Å². The van der Waals surface area contributed by atoms with Crippen LogP contribution < -0.4 is 11.1 Å². The van der Waals surface area contributed by atoms with Crippen LogP contribution in [0.2, 0.25) is 0 Å². The van der Waals surface area contributed by atoms with Crippen LogP contribution in [0.3, 0.4) is 0 Å². The minimum atomic E-state index is -0.518. The van der Waals surface area contributed by atoms with Gasteiger partial charge in [0.25, 0.3) is 0 Å². The number of carbonyl (C=O) groups excluding carboxylic acids is 1. The van der Waals surface area contributed by atoms with Gasteiger partial charge in [0.1, 0.15) is 0 Å². The lowest BCUT2D eigenvalue weighted by atomic mass is 9.92. The van der Waals surface area contributed by atoms with Gasteiger partial charge in [-0.15, -0.1) is 0 Å². The molecule has 0 aromatic rings. The third-order valence-corrected chi connectivity index (χ3v) is 2.70. The van der Waals surface area contributed by atoms with Crippen LogP contribution >= 0.6 is 0 Å². The van der Waals surface area contributed by atoms with Crippen molar-refractivity contribution in [3.63, 3.8) is 0 Å². The summed E-state index contributed by atoms with van der Waals surface area (Å²) >= 11 is 0. The second-order valence-electron chi connectivity index (χ2n) is 3.88. The van der Waals surface area contributed by atoms with Crippen molar-refractivity contribution in [3.8, 4) is 0 Å². The monoisotopic (exact) mass is 201 g/mol. The van der Waals surface area contributed by atoms with Crippen molar-refractivity contribution in [3.05, 3.63) is 0 Å². The van der Waals surface area contributed by atoms with Gasteiger partial charge in [-0.25, -0.2) is 0 Å². The zero-order chi connectivity index (χ0) is 11.2. The fraction of sp³-hybridized carbons (Fsp3) is 0.900. The number of hydrogen-bond acceptors (Lipinski definition) is 3. The summed E-state index contributed by atoms with van der Waals surface area (Å²) in [4.78, 5) is 13.4. The van der Waals surface area contributed by atoms with Crippen molar-refractivity contribution >= 4 is 5.91 Å². The van der Waals surface area contributed by atoms with E-state index in [1.54, 1.807) is 0 Å². The molecule has 0 heterocycles. The molecular formula is C10H23N3O. The SMILES string of the molecule is CCC(CC)(NCCN(C)C)C(N)=O. The first-order valence-electron chi connectivity index (χ1n) is 5.18. The Morgan fingerprint density at radius 1 is 1.36 bits per heavy atom. The summed E-state index contributed by atoms with van der Waals surface area (Å²) in [5, 5.41) is 3.25. The first-order valence-corrected chi connectivity index (χ1v) is 5.18. The fourth-order valence-corrected chi connectivity index (χ4v) is 1.45. The van der Waals surface area contributed by atoms with Crippen LogP contribution in [0, 0.1) is 0 Å². The van der Waals surface area contributed by atoms with E-state index in [0.717, 1.165) is 25.9 Å². The molecule has 0 saturated carbocycles. The summed E-state index contributed by atoms with van der Waals surface area (Å²) in [5.41, 5.74) is 4.88. The van der Waals surface area contributed by atoms with E-state index in [1.165, 1.54) is 0 Å². The van der Waals surface area contributed by atoms with Gasteiger partial charge < -0.3 is 16.0 Å². The normalized spacial score (nSPS) is 12.1. The van der Waals surface area contributed by atoms with E-state index in [9.17, 15) is 4.79 Å². The van der Waals surface area contributed by atoms with Crippen LogP contribution in [0.4, 0.5) is 0 Å². The average molecular weight is 201 g/mol. The van der Waals surface area contributed by atoms with Crippen molar-refractivity contribution < 1.29 is 4.79 Å². The minimum Gasteiger partial charge on any atom is -0.368 e. The number of nitrogens with zero attached hydrogens (tertiary/aromatic N) is 1. The smallest absolute Gasteiger partial charge is 0.237 e. The maximum atomic E-state index is 11.3. The molecule has 0 unspecified atom stereocenters. The standard InChI is InChI=1S/C10H23N3O/c1-5-10(6-2,9(11)14)12-7-8-13(3)4/h12H,5-8H2,1-4H3,(H2,11,14). The van der Waals surface area contributed by atoms with Crippen LogP contribution in [0.5, 0.6) is 0 Å². The molecule has 84 valence electrons. The van der Waals surface area contributed by atoms with Gasteiger partial charge in [0.15, 0.2) is 0 Å². The molecule has 14 heavy (non-hydrogen) atoms. The van der Waals surface area contributed by atoms with Crippen LogP contribution in [-0.2, 0) is 4.79 Å². The maximum absolute atomic E-state index is 11.3. The summed E-state index contributed by atoms with van der Waals surface area (Å²) in [7, 11) is 4.01. The third kappa shape index (κ3) is 3.64. The van der Waals surface area contributed by atoms with Gasteiger partial charge in [-0.1, -0.05) is 13.8 Å². The number of nitrogens with two attached hydrogens (primary N) is 1. The molecule has 0 radical (unpaired) electrons. The zero-order valence-electron chi connectivity index (χ0n) is 9.76. The quantitative estimate of drug-likeness (QED) is 0.618.